The van der Waals surface area contributed by atoms with Gasteiger partial charge >= 0.3 is 0 Å². The Kier molecular flexibility index (Phi) is 7.00. The Morgan fingerprint density at radius 3 is 2.70 bits per heavy atom. The first-order valence-corrected chi connectivity index (χ1v) is 10.7. The minimum Gasteiger partial charge on any atom is -0.492 e. The van der Waals surface area contributed by atoms with E-state index >= 15 is 0 Å². The zero-order chi connectivity index (χ0) is 19.2. The first-order valence-electron chi connectivity index (χ1n) is 10.7. The van der Waals surface area contributed by atoms with Gasteiger partial charge in [-0.1, -0.05) is 38.8 Å². The second-order valence-corrected chi connectivity index (χ2v) is 8.26. The SMILES string of the molecule is CCOc1ccccc1N1CC[NH+](CC(=O)N[C@H]2CCC[C@@H](C)[C@@H]2C)CC1. The van der Waals surface area contributed by atoms with E-state index in [4.69, 9.17) is 4.74 Å². The molecular weight excluding hydrogens is 338 g/mol. The van der Waals surface area contributed by atoms with Crippen LogP contribution in [-0.4, -0.2) is 51.3 Å². The first kappa shape index (κ1) is 20.0. The Morgan fingerprint density at radius 2 is 1.96 bits per heavy atom. The Bertz CT molecular complexity index is 613. The molecule has 5 nitrogen and oxygen atoms in total. The van der Waals surface area contributed by atoms with Gasteiger partial charge in [-0.15, -0.1) is 0 Å². The number of carbonyl (C=O) groups is 1. The summed E-state index contributed by atoms with van der Waals surface area (Å²) in [4.78, 5) is 16.3. The lowest BCUT2D eigenvalue weighted by Crippen LogP contribution is -3.16. The molecule has 2 N–H and O–H groups in total. The molecule has 1 aliphatic heterocycles. The van der Waals surface area contributed by atoms with Crippen molar-refractivity contribution < 1.29 is 14.4 Å². The molecule has 5 heteroatoms. The molecule has 2 fully saturated rings. The highest BCUT2D eigenvalue weighted by atomic mass is 16.5. The Balaban J connectivity index is 1.47. The van der Waals surface area contributed by atoms with E-state index in [1.54, 1.807) is 0 Å². The fraction of sp³-hybridized carbons (Fsp3) is 0.682. The molecule has 1 saturated carbocycles. The molecule has 0 spiro atoms. The van der Waals surface area contributed by atoms with Crippen LogP contribution in [0.1, 0.15) is 40.0 Å². The van der Waals surface area contributed by atoms with Gasteiger partial charge < -0.3 is 19.9 Å². The van der Waals surface area contributed by atoms with E-state index in [9.17, 15) is 4.79 Å². The molecular formula is C22H36N3O2+. The van der Waals surface area contributed by atoms with Crippen molar-refractivity contribution in [1.29, 1.82) is 0 Å². The normalized spacial score (nSPS) is 26.6. The molecule has 27 heavy (non-hydrogen) atoms. The van der Waals surface area contributed by atoms with Crippen molar-refractivity contribution in [2.45, 2.75) is 46.1 Å². The minimum atomic E-state index is 0.221. The zero-order valence-corrected chi connectivity index (χ0v) is 17.2. The van der Waals surface area contributed by atoms with Crippen molar-refractivity contribution in [1.82, 2.24) is 5.32 Å². The molecule has 150 valence electrons. The molecule has 3 rings (SSSR count). The van der Waals surface area contributed by atoms with Crippen LogP contribution in [0.4, 0.5) is 5.69 Å². The van der Waals surface area contributed by atoms with Crippen LogP contribution in [0.15, 0.2) is 24.3 Å². The molecule has 1 heterocycles. The number of quaternary nitrogens is 1. The van der Waals surface area contributed by atoms with Gasteiger partial charge in [-0.2, -0.15) is 0 Å². The number of piperazine rings is 1. The van der Waals surface area contributed by atoms with Crippen molar-refractivity contribution in [3.63, 3.8) is 0 Å². The van der Waals surface area contributed by atoms with E-state index in [2.05, 4.69) is 36.2 Å². The summed E-state index contributed by atoms with van der Waals surface area (Å²) >= 11 is 0. The number of amides is 1. The van der Waals surface area contributed by atoms with Gasteiger partial charge in [-0.25, -0.2) is 0 Å². The van der Waals surface area contributed by atoms with Crippen LogP contribution in [0, 0.1) is 11.8 Å². The summed E-state index contributed by atoms with van der Waals surface area (Å²) in [7, 11) is 0. The van der Waals surface area contributed by atoms with Crippen molar-refractivity contribution in [2.24, 2.45) is 11.8 Å². The first-order chi connectivity index (χ1) is 13.1. The molecule has 0 unspecified atom stereocenters. The molecule has 1 saturated heterocycles. The van der Waals surface area contributed by atoms with E-state index in [0.29, 0.717) is 31.0 Å². The molecule has 3 atom stereocenters. The fourth-order valence-corrected chi connectivity index (χ4v) is 4.51. The molecule has 2 aliphatic rings. The fourth-order valence-electron chi connectivity index (χ4n) is 4.51. The standard InChI is InChI=1S/C22H35N3O2/c1-4-27-21-11-6-5-10-20(21)25-14-12-24(13-15-25)16-22(26)23-19-9-7-8-17(2)18(19)3/h5-6,10-11,17-19H,4,7-9,12-16H2,1-3H3,(H,23,26)/p+1/t17-,18+,19+/m1/s1. The van der Waals surface area contributed by atoms with Gasteiger partial charge in [-0.3, -0.25) is 4.79 Å². The van der Waals surface area contributed by atoms with Crippen LogP contribution in [0.3, 0.4) is 0 Å². The number of nitrogens with zero attached hydrogens (tertiary/aromatic N) is 1. The van der Waals surface area contributed by atoms with Crippen molar-refractivity contribution in [3.8, 4) is 5.75 Å². The maximum atomic E-state index is 12.6. The second kappa shape index (κ2) is 9.45. The van der Waals surface area contributed by atoms with Crippen LogP contribution < -0.4 is 19.9 Å². The third-order valence-electron chi connectivity index (χ3n) is 6.44. The summed E-state index contributed by atoms with van der Waals surface area (Å²) in [6.07, 6.45) is 3.67. The molecule has 1 aromatic carbocycles. The van der Waals surface area contributed by atoms with Crippen LogP contribution >= 0.6 is 0 Å². The van der Waals surface area contributed by atoms with Crippen LogP contribution in [0.2, 0.25) is 0 Å². The van der Waals surface area contributed by atoms with Gasteiger partial charge in [0.1, 0.15) is 5.75 Å². The Hall–Kier alpha value is -1.75. The molecule has 1 aliphatic carbocycles. The number of rotatable bonds is 6. The Labute approximate surface area is 164 Å². The van der Waals surface area contributed by atoms with Gasteiger partial charge in [-0.05, 0) is 37.3 Å². The third kappa shape index (κ3) is 5.16. The largest absolute Gasteiger partial charge is 0.492 e. The van der Waals surface area contributed by atoms with Crippen molar-refractivity contribution in [3.05, 3.63) is 24.3 Å². The quantitative estimate of drug-likeness (QED) is 0.797. The zero-order valence-electron chi connectivity index (χ0n) is 17.2. The maximum absolute atomic E-state index is 12.6. The second-order valence-electron chi connectivity index (χ2n) is 8.26. The topological polar surface area (TPSA) is 46.0 Å². The Morgan fingerprint density at radius 1 is 1.22 bits per heavy atom. The summed E-state index contributed by atoms with van der Waals surface area (Å²) in [5, 5.41) is 3.32. The lowest BCUT2D eigenvalue weighted by Gasteiger charge is -2.36. The molecule has 1 amide bonds. The maximum Gasteiger partial charge on any atom is 0.275 e. The smallest absolute Gasteiger partial charge is 0.275 e. The van der Waals surface area contributed by atoms with E-state index in [1.807, 2.05) is 19.1 Å². The van der Waals surface area contributed by atoms with Crippen molar-refractivity contribution >= 4 is 11.6 Å². The van der Waals surface area contributed by atoms with Crippen molar-refractivity contribution in [2.75, 3.05) is 44.2 Å². The summed E-state index contributed by atoms with van der Waals surface area (Å²) in [5.41, 5.74) is 1.17. The third-order valence-corrected chi connectivity index (χ3v) is 6.44. The average molecular weight is 375 g/mol. The highest BCUT2D eigenvalue weighted by Gasteiger charge is 2.30. The highest BCUT2D eigenvalue weighted by molar-refractivity contribution is 5.77. The van der Waals surface area contributed by atoms with Crippen LogP contribution in [0.5, 0.6) is 5.75 Å². The molecule has 1 aromatic rings. The lowest BCUT2D eigenvalue weighted by atomic mass is 9.78. The molecule has 0 radical (unpaired) electrons. The van der Waals surface area contributed by atoms with E-state index in [-0.39, 0.29) is 5.91 Å². The number of benzene rings is 1. The molecule has 0 bridgehead atoms. The molecule has 0 aromatic heterocycles. The summed E-state index contributed by atoms with van der Waals surface area (Å²) in [5.74, 6) is 2.48. The summed E-state index contributed by atoms with van der Waals surface area (Å²) < 4.78 is 5.77. The predicted octanol–water partition coefficient (Wildman–Crippen LogP) is 1.73. The average Bonchev–Trinajstić information content (AvgIpc) is 2.67. The summed E-state index contributed by atoms with van der Waals surface area (Å²) in [6, 6.07) is 8.62. The van der Waals surface area contributed by atoms with Gasteiger partial charge in [0.25, 0.3) is 5.91 Å². The number of para-hydroxylation sites is 2. The van der Waals surface area contributed by atoms with Gasteiger partial charge in [0.2, 0.25) is 0 Å². The highest BCUT2D eigenvalue weighted by Crippen LogP contribution is 2.29. The lowest BCUT2D eigenvalue weighted by molar-refractivity contribution is -0.892. The number of hydrogen-bond acceptors (Lipinski definition) is 3. The number of carbonyl (C=O) groups excluding carboxylic acids is 1. The van der Waals surface area contributed by atoms with Gasteiger partial charge in [0.05, 0.1) is 38.5 Å². The van der Waals surface area contributed by atoms with Crippen LogP contribution in [-0.2, 0) is 4.79 Å². The van der Waals surface area contributed by atoms with Gasteiger partial charge in [0.15, 0.2) is 6.54 Å². The predicted molar refractivity (Wildman–Crippen MR) is 109 cm³/mol. The number of hydrogen-bond donors (Lipinski definition) is 2. The summed E-state index contributed by atoms with van der Waals surface area (Å²) in [6.45, 7) is 11.8. The van der Waals surface area contributed by atoms with E-state index < -0.39 is 0 Å². The number of nitrogens with one attached hydrogen (secondary N) is 2. The minimum absolute atomic E-state index is 0.221. The number of ether oxygens (including phenoxy) is 1. The van der Waals surface area contributed by atoms with E-state index in [0.717, 1.165) is 38.3 Å². The number of anilines is 1. The van der Waals surface area contributed by atoms with Crippen LogP contribution in [0.25, 0.3) is 0 Å². The monoisotopic (exact) mass is 374 g/mol. The van der Waals surface area contributed by atoms with Gasteiger partial charge in [0, 0.05) is 6.04 Å². The van der Waals surface area contributed by atoms with E-state index in [1.165, 1.54) is 23.4 Å².